The van der Waals surface area contributed by atoms with Gasteiger partial charge in [-0.2, -0.15) is 0 Å². The van der Waals surface area contributed by atoms with Crippen LogP contribution in [0.15, 0.2) is 0 Å². The summed E-state index contributed by atoms with van der Waals surface area (Å²) in [5, 5.41) is 9.49. The summed E-state index contributed by atoms with van der Waals surface area (Å²) >= 11 is 0. The summed E-state index contributed by atoms with van der Waals surface area (Å²) in [7, 11) is 0. The fourth-order valence-corrected chi connectivity index (χ4v) is 3.82. The molecule has 2 rings (SSSR count). The standard InChI is InChI=1S/C14H25NO2/c1-3-11-7-4-5-8-12(11)15-10-6-9-14(15,2)13(16)17/h11-12H,3-10H2,1-2H3,(H,16,17). The van der Waals surface area contributed by atoms with Gasteiger partial charge < -0.3 is 5.11 Å². The van der Waals surface area contributed by atoms with Crippen molar-refractivity contribution in [2.75, 3.05) is 6.54 Å². The van der Waals surface area contributed by atoms with Crippen LogP contribution in [-0.4, -0.2) is 34.1 Å². The quantitative estimate of drug-likeness (QED) is 0.823. The van der Waals surface area contributed by atoms with Crippen LogP contribution in [0.5, 0.6) is 0 Å². The summed E-state index contributed by atoms with van der Waals surface area (Å²) in [5.41, 5.74) is -0.602. The molecule has 1 N–H and O–H groups in total. The third-order valence-corrected chi connectivity index (χ3v) is 4.95. The lowest BCUT2D eigenvalue weighted by molar-refractivity contribution is -0.151. The first kappa shape index (κ1) is 12.9. The molecule has 3 heteroatoms. The smallest absolute Gasteiger partial charge is 0.323 e. The van der Waals surface area contributed by atoms with Crippen LogP contribution in [-0.2, 0) is 4.79 Å². The van der Waals surface area contributed by atoms with Crippen molar-refractivity contribution < 1.29 is 9.90 Å². The molecule has 2 aliphatic rings. The molecule has 3 nitrogen and oxygen atoms in total. The number of hydrogen-bond acceptors (Lipinski definition) is 2. The molecule has 17 heavy (non-hydrogen) atoms. The fraction of sp³-hybridized carbons (Fsp3) is 0.929. The van der Waals surface area contributed by atoms with Crippen LogP contribution in [0.1, 0.15) is 58.8 Å². The van der Waals surface area contributed by atoms with E-state index in [0.29, 0.717) is 12.0 Å². The minimum absolute atomic E-state index is 0.511. The zero-order chi connectivity index (χ0) is 12.5. The highest BCUT2D eigenvalue weighted by molar-refractivity contribution is 5.78. The van der Waals surface area contributed by atoms with E-state index in [1.165, 1.54) is 32.1 Å². The average Bonchev–Trinajstić information content (AvgIpc) is 2.72. The topological polar surface area (TPSA) is 40.5 Å². The first-order chi connectivity index (χ1) is 8.09. The van der Waals surface area contributed by atoms with Crippen molar-refractivity contribution in [1.82, 2.24) is 4.90 Å². The first-order valence-corrected chi connectivity index (χ1v) is 7.09. The van der Waals surface area contributed by atoms with Crippen molar-refractivity contribution >= 4 is 5.97 Å². The Balaban J connectivity index is 2.17. The van der Waals surface area contributed by atoms with Gasteiger partial charge >= 0.3 is 5.97 Å². The highest BCUT2D eigenvalue weighted by Crippen LogP contribution is 2.39. The minimum atomic E-state index is -0.629. The van der Waals surface area contributed by atoms with Gasteiger partial charge in [-0.3, -0.25) is 9.69 Å². The van der Waals surface area contributed by atoms with E-state index in [0.717, 1.165) is 19.4 Å². The van der Waals surface area contributed by atoms with Crippen molar-refractivity contribution in [2.24, 2.45) is 5.92 Å². The summed E-state index contributed by atoms with van der Waals surface area (Å²) in [6, 6.07) is 0.511. The molecular formula is C14H25NO2. The van der Waals surface area contributed by atoms with Gasteiger partial charge in [0.05, 0.1) is 0 Å². The van der Waals surface area contributed by atoms with Crippen LogP contribution in [0.25, 0.3) is 0 Å². The predicted octanol–water partition coefficient (Wildman–Crippen LogP) is 2.89. The summed E-state index contributed by atoms with van der Waals surface area (Å²) in [4.78, 5) is 13.8. The summed E-state index contributed by atoms with van der Waals surface area (Å²) in [5.74, 6) is 0.0796. The van der Waals surface area contributed by atoms with E-state index in [4.69, 9.17) is 0 Å². The largest absolute Gasteiger partial charge is 0.480 e. The lowest BCUT2D eigenvalue weighted by Crippen LogP contribution is -2.55. The fourth-order valence-electron chi connectivity index (χ4n) is 3.82. The van der Waals surface area contributed by atoms with Gasteiger partial charge in [-0.15, -0.1) is 0 Å². The third-order valence-electron chi connectivity index (χ3n) is 4.95. The predicted molar refractivity (Wildman–Crippen MR) is 68.0 cm³/mol. The Morgan fingerprint density at radius 2 is 2.06 bits per heavy atom. The van der Waals surface area contributed by atoms with Gasteiger partial charge in [0.15, 0.2) is 0 Å². The van der Waals surface area contributed by atoms with E-state index in [2.05, 4.69) is 11.8 Å². The van der Waals surface area contributed by atoms with Gasteiger partial charge in [0.1, 0.15) is 5.54 Å². The molecule has 0 bridgehead atoms. The molecule has 0 aromatic heterocycles. The van der Waals surface area contributed by atoms with Gasteiger partial charge in [-0.1, -0.05) is 26.2 Å². The molecule has 1 aliphatic heterocycles. The average molecular weight is 239 g/mol. The monoisotopic (exact) mass is 239 g/mol. The second-order valence-corrected chi connectivity index (χ2v) is 5.90. The number of likely N-dealkylation sites (tertiary alicyclic amines) is 1. The molecule has 0 aromatic rings. The third kappa shape index (κ3) is 2.22. The van der Waals surface area contributed by atoms with E-state index in [1.807, 2.05) is 6.92 Å². The van der Waals surface area contributed by atoms with E-state index < -0.39 is 11.5 Å². The van der Waals surface area contributed by atoms with Crippen LogP contribution in [0.3, 0.4) is 0 Å². The molecule has 0 spiro atoms. The summed E-state index contributed by atoms with van der Waals surface area (Å²) in [6.45, 7) is 5.14. The minimum Gasteiger partial charge on any atom is -0.480 e. The molecule has 1 saturated carbocycles. The maximum Gasteiger partial charge on any atom is 0.323 e. The van der Waals surface area contributed by atoms with E-state index in [-0.39, 0.29) is 0 Å². The Morgan fingerprint density at radius 1 is 1.35 bits per heavy atom. The Morgan fingerprint density at radius 3 is 2.71 bits per heavy atom. The van der Waals surface area contributed by atoms with Crippen LogP contribution in [0.2, 0.25) is 0 Å². The molecule has 3 atom stereocenters. The second kappa shape index (κ2) is 4.97. The van der Waals surface area contributed by atoms with Crippen molar-refractivity contribution in [3.05, 3.63) is 0 Å². The van der Waals surface area contributed by atoms with E-state index in [1.54, 1.807) is 0 Å². The van der Waals surface area contributed by atoms with Crippen LogP contribution >= 0.6 is 0 Å². The van der Waals surface area contributed by atoms with Gasteiger partial charge in [0.2, 0.25) is 0 Å². The molecule has 0 aromatic carbocycles. The lowest BCUT2D eigenvalue weighted by Gasteiger charge is -2.43. The molecule has 1 aliphatic carbocycles. The normalized spacial score (nSPS) is 39.4. The summed E-state index contributed by atoms with van der Waals surface area (Å²) < 4.78 is 0. The second-order valence-electron chi connectivity index (χ2n) is 5.90. The molecule has 1 heterocycles. The number of nitrogens with zero attached hydrogens (tertiary/aromatic N) is 1. The molecular weight excluding hydrogens is 214 g/mol. The van der Waals surface area contributed by atoms with Crippen LogP contribution < -0.4 is 0 Å². The highest BCUT2D eigenvalue weighted by Gasteiger charge is 2.47. The van der Waals surface area contributed by atoms with Gasteiger partial charge in [-0.25, -0.2) is 0 Å². The van der Waals surface area contributed by atoms with Gasteiger partial charge in [0, 0.05) is 6.04 Å². The molecule has 0 radical (unpaired) electrons. The van der Waals surface area contributed by atoms with Gasteiger partial charge in [-0.05, 0) is 45.1 Å². The van der Waals surface area contributed by atoms with E-state index >= 15 is 0 Å². The number of carboxylic acids is 1. The zero-order valence-corrected chi connectivity index (χ0v) is 11.1. The Bertz CT molecular complexity index is 292. The molecule has 0 amide bonds. The molecule has 3 unspecified atom stereocenters. The Labute approximate surface area is 104 Å². The lowest BCUT2D eigenvalue weighted by atomic mass is 9.80. The summed E-state index contributed by atoms with van der Waals surface area (Å²) in [6.07, 6.45) is 8.12. The van der Waals surface area contributed by atoms with Gasteiger partial charge in [0.25, 0.3) is 0 Å². The SMILES string of the molecule is CCC1CCCCC1N1CCCC1(C)C(=O)O. The van der Waals surface area contributed by atoms with Crippen LogP contribution in [0, 0.1) is 5.92 Å². The number of rotatable bonds is 3. The van der Waals surface area contributed by atoms with Crippen molar-refractivity contribution in [3.8, 4) is 0 Å². The Kier molecular flexibility index (Phi) is 3.76. The number of aliphatic carboxylic acids is 1. The number of carboxylic acid groups (broad SMARTS) is 1. The molecule has 98 valence electrons. The molecule has 1 saturated heterocycles. The first-order valence-electron chi connectivity index (χ1n) is 7.09. The number of carbonyl (C=O) groups is 1. The highest BCUT2D eigenvalue weighted by atomic mass is 16.4. The maximum absolute atomic E-state index is 11.5. The van der Waals surface area contributed by atoms with Crippen LogP contribution in [0.4, 0.5) is 0 Å². The zero-order valence-electron chi connectivity index (χ0n) is 11.1. The van der Waals surface area contributed by atoms with Crippen molar-refractivity contribution in [2.45, 2.75) is 70.4 Å². The van der Waals surface area contributed by atoms with Crippen molar-refractivity contribution in [3.63, 3.8) is 0 Å². The number of hydrogen-bond donors (Lipinski definition) is 1. The van der Waals surface area contributed by atoms with Crippen molar-refractivity contribution in [1.29, 1.82) is 0 Å². The maximum atomic E-state index is 11.5. The Hall–Kier alpha value is -0.570. The van der Waals surface area contributed by atoms with E-state index in [9.17, 15) is 9.90 Å². The molecule has 2 fully saturated rings.